The SMILES string of the molecule is CCCCCCC/C=C\CCOc1cnc(-c2ccc(CCCCCOCCC)cc2)nc1. The van der Waals surface area contributed by atoms with E-state index in [1.807, 2.05) is 0 Å². The molecule has 0 N–H and O–H groups in total. The summed E-state index contributed by atoms with van der Waals surface area (Å²) in [7, 11) is 0. The highest BCUT2D eigenvalue weighted by Gasteiger charge is 2.03. The first kappa shape index (κ1) is 27.0. The van der Waals surface area contributed by atoms with Gasteiger partial charge in [-0.2, -0.15) is 0 Å². The maximum absolute atomic E-state index is 5.78. The molecular weight excluding hydrogens is 408 g/mol. The quantitative estimate of drug-likeness (QED) is 0.160. The van der Waals surface area contributed by atoms with Crippen molar-refractivity contribution in [3.63, 3.8) is 0 Å². The smallest absolute Gasteiger partial charge is 0.159 e. The van der Waals surface area contributed by atoms with Gasteiger partial charge in [-0.05, 0) is 50.5 Å². The minimum absolute atomic E-state index is 0.661. The molecule has 0 atom stereocenters. The van der Waals surface area contributed by atoms with Gasteiger partial charge in [0.05, 0.1) is 19.0 Å². The fraction of sp³-hybridized carbons (Fsp3) is 0.586. The third-order valence-electron chi connectivity index (χ3n) is 5.64. The van der Waals surface area contributed by atoms with E-state index < -0.39 is 0 Å². The van der Waals surface area contributed by atoms with Gasteiger partial charge in [0.15, 0.2) is 11.6 Å². The molecule has 4 heteroatoms. The second kappa shape index (κ2) is 18.3. The van der Waals surface area contributed by atoms with Crippen LogP contribution in [0.1, 0.15) is 90.0 Å². The number of nitrogens with zero attached hydrogens (tertiary/aromatic N) is 2. The van der Waals surface area contributed by atoms with E-state index in [1.54, 1.807) is 12.4 Å². The number of aryl methyl sites for hydroxylation is 1. The summed E-state index contributed by atoms with van der Waals surface area (Å²) in [5.41, 5.74) is 2.40. The molecule has 2 rings (SSSR count). The largest absolute Gasteiger partial charge is 0.490 e. The molecule has 2 aromatic rings. The first-order valence-corrected chi connectivity index (χ1v) is 13.1. The van der Waals surface area contributed by atoms with Gasteiger partial charge in [0.25, 0.3) is 0 Å². The third kappa shape index (κ3) is 12.6. The van der Waals surface area contributed by atoms with Crippen molar-refractivity contribution in [3.8, 4) is 17.1 Å². The lowest BCUT2D eigenvalue weighted by Gasteiger charge is -2.06. The van der Waals surface area contributed by atoms with Crippen LogP contribution in [0.25, 0.3) is 11.4 Å². The molecule has 0 radical (unpaired) electrons. The molecule has 0 aliphatic rings. The molecule has 0 fully saturated rings. The molecule has 0 amide bonds. The minimum atomic E-state index is 0.661. The van der Waals surface area contributed by atoms with Crippen molar-refractivity contribution >= 4 is 0 Å². The van der Waals surface area contributed by atoms with E-state index in [-0.39, 0.29) is 0 Å². The van der Waals surface area contributed by atoms with Crippen molar-refractivity contribution in [1.29, 1.82) is 0 Å². The van der Waals surface area contributed by atoms with Crippen LogP contribution in [0.3, 0.4) is 0 Å². The number of allylic oxidation sites excluding steroid dienone is 1. The van der Waals surface area contributed by atoms with Crippen LogP contribution in [-0.4, -0.2) is 29.8 Å². The predicted molar refractivity (Wildman–Crippen MR) is 139 cm³/mol. The summed E-state index contributed by atoms with van der Waals surface area (Å²) >= 11 is 0. The number of unbranched alkanes of at least 4 members (excludes halogenated alkanes) is 7. The average Bonchev–Trinajstić information content (AvgIpc) is 2.85. The van der Waals surface area contributed by atoms with Gasteiger partial charge in [-0.25, -0.2) is 9.97 Å². The van der Waals surface area contributed by atoms with E-state index in [4.69, 9.17) is 9.47 Å². The van der Waals surface area contributed by atoms with E-state index in [9.17, 15) is 0 Å². The topological polar surface area (TPSA) is 44.2 Å². The van der Waals surface area contributed by atoms with Crippen molar-refractivity contribution in [2.24, 2.45) is 0 Å². The lowest BCUT2D eigenvalue weighted by atomic mass is 10.0. The Morgan fingerprint density at radius 1 is 0.697 bits per heavy atom. The van der Waals surface area contributed by atoms with Gasteiger partial charge < -0.3 is 9.47 Å². The molecule has 0 saturated carbocycles. The van der Waals surface area contributed by atoms with Gasteiger partial charge in [-0.15, -0.1) is 0 Å². The Hall–Kier alpha value is -2.20. The lowest BCUT2D eigenvalue weighted by Crippen LogP contribution is -1.98. The Kier molecular flexibility index (Phi) is 15.0. The summed E-state index contributed by atoms with van der Waals surface area (Å²) in [6.07, 6.45) is 22.6. The van der Waals surface area contributed by atoms with Crippen molar-refractivity contribution in [3.05, 3.63) is 54.4 Å². The predicted octanol–water partition coefficient (Wildman–Crippen LogP) is 7.97. The number of ether oxygens (including phenoxy) is 2. The van der Waals surface area contributed by atoms with Gasteiger partial charge in [-0.3, -0.25) is 0 Å². The van der Waals surface area contributed by atoms with E-state index in [0.29, 0.717) is 6.61 Å². The second-order valence-corrected chi connectivity index (χ2v) is 8.67. The third-order valence-corrected chi connectivity index (χ3v) is 5.64. The monoisotopic (exact) mass is 452 g/mol. The van der Waals surface area contributed by atoms with Crippen molar-refractivity contribution < 1.29 is 9.47 Å². The van der Waals surface area contributed by atoms with E-state index in [0.717, 1.165) is 56.0 Å². The minimum Gasteiger partial charge on any atom is -0.490 e. The second-order valence-electron chi connectivity index (χ2n) is 8.67. The Morgan fingerprint density at radius 2 is 1.42 bits per heavy atom. The van der Waals surface area contributed by atoms with Crippen LogP contribution in [0.2, 0.25) is 0 Å². The maximum Gasteiger partial charge on any atom is 0.159 e. The van der Waals surface area contributed by atoms with Crippen LogP contribution in [0.5, 0.6) is 5.75 Å². The zero-order valence-corrected chi connectivity index (χ0v) is 20.9. The molecule has 0 unspecified atom stereocenters. The zero-order valence-electron chi connectivity index (χ0n) is 20.9. The summed E-state index contributed by atoms with van der Waals surface area (Å²) in [5, 5.41) is 0. The highest BCUT2D eigenvalue weighted by Crippen LogP contribution is 2.18. The summed E-state index contributed by atoms with van der Waals surface area (Å²) < 4.78 is 11.3. The Bertz CT molecular complexity index is 741. The van der Waals surface area contributed by atoms with Gasteiger partial charge >= 0.3 is 0 Å². The van der Waals surface area contributed by atoms with Crippen molar-refractivity contribution in [2.45, 2.75) is 90.9 Å². The molecule has 182 valence electrons. The van der Waals surface area contributed by atoms with Gasteiger partial charge in [0.1, 0.15) is 0 Å². The number of rotatable bonds is 19. The summed E-state index contributed by atoms with van der Waals surface area (Å²) in [4.78, 5) is 8.97. The normalized spacial score (nSPS) is 11.3. The maximum atomic E-state index is 5.78. The van der Waals surface area contributed by atoms with Crippen LogP contribution in [0.4, 0.5) is 0 Å². The fourth-order valence-corrected chi connectivity index (χ4v) is 3.66. The van der Waals surface area contributed by atoms with Gasteiger partial charge in [0.2, 0.25) is 0 Å². The Balaban J connectivity index is 1.61. The van der Waals surface area contributed by atoms with Gasteiger partial charge in [-0.1, -0.05) is 82.4 Å². The van der Waals surface area contributed by atoms with Crippen LogP contribution in [0, 0.1) is 0 Å². The number of hydrogen-bond acceptors (Lipinski definition) is 4. The molecule has 33 heavy (non-hydrogen) atoms. The Morgan fingerprint density at radius 3 is 2.18 bits per heavy atom. The zero-order chi connectivity index (χ0) is 23.4. The molecular formula is C29H44N2O2. The highest BCUT2D eigenvalue weighted by atomic mass is 16.5. The van der Waals surface area contributed by atoms with Crippen molar-refractivity contribution in [2.75, 3.05) is 19.8 Å². The fourth-order valence-electron chi connectivity index (χ4n) is 3.66. The molecule has 0 aliphatic heterocycles. The first-order valence-electron chi connectivity index (χ1n) is 13.1. The number of hydrogen-bond donors (Lipinski definition) is 0. The molecule has 0 aliphatic carbocycles. The molecule has 1 heterocycles. The van der Waals surface area contributed by atoms with Crippen LogP contribution >= 0.6 is 0 Å². The van der Waals surface area contributed by atoms with E-state index >= 15 is 0 Å². The van der Waals surface area contributed by atoms with Crippen LogP contribution in [-0.2, 0) is 11.2 Å². The number of aromatic nitrogens is 2. The number of benzene rings is 1. The van der Waals surface area contributed by atoms with Crippen LogP contribution in [0.15, 0.2) is 48.8 Å². The van der Waals surface area contributed by atoms with E-state index in [2.05, 4.69) is 60.2 Å². The molecule has 0 bridgehead atoms. The molecule has 1 aromatic heterocycles. The summed E-state index contributed by atoms with van der Waals surface area (Å²) in [5.74, 6) is 1.47. The first-order chi connectivity index (χ1) is 16.3. The Labute approximate surface area is 201 Å². The highest BCUT2D eigenvalue weighted by molar-refractivity contribution is 5.55. The average molecular weight is 453 g/mol. The van der Waals surface area contributed by atoms with Gasteiger partial charge in [0, 0.05) is 18.8 Å². The molecule has 0 saturated heterocycles. The molecule has 1 aromatic carbocycles. The summed E-state index contributed by atoms with van der Waals surface area (Å²) in [6, 6.07) is 8.60. The molecule has 0 spiro atoms. The standard InChI is InChI=1S/C29H44N2O2/c1-3-5-6-7-8-9-10-11-15-23-33-28-24-30-29(31-25-28)27-19-17-26(18-20-27)16-13-12-14-22-32-21-4-2/h10-11,17-20,24-25H,3-9,12-16,21-23H2,1-2H3/b11-10-. The van der Waals surface area contributed by atoms with Crippen LogP contribution < -0.4 is 4.74 Å². The molecule has 4 nitrogen and oxygen atoms in total. The summed E-state index contributed by atoms with van der Waals surface area (Å²) in [6.45, 7) is 6.83. The lowest BCUT2D eigenvalue weighted by molar-refractivity contribution is 0.130. The van der Waals surface area contributed by atoms with Crippen molar-refractivity contribution in [1.82, 2.24) is 9.97 Å². The van der Waals surface area contributed by atoms with E-state index in [1.165, 1.54) is 56.9 Å².